The minimum Gasteiger partial charge on any atom is -0.350 e. The molecule has 0 fully saturated rings. The fourth-order valence-corrected chi connectivity index (χ4v) is 1.23. The summed E-state index contributed by atoms with van der Waals surface area (Å²) in [5, 5.41) is 2.43. The number of carbonyl (C=O) groups excluding carboxylic acids is 1. The lowest BCUT2D eigenvalue weighted by Crippen LogP contribution is -2.30. The maximum Gasteiger partial charge on any atom is 0.419 e. The second-order valence-electron chi connectivity index (χ2n) is 3.82. The van der Waals surface area contributed by atoms with Gasteiger partial charge < -0.3 is 5.32 Å². The van der Waals surface area contributed by atoms with Crippen LogP contribution < -0.4 is 5.32 Å². The van der Waals surface area contributed by atoms with Crippen molar-refractivity contribution < 1.29 is 22.4 Å². The molecule has 0 bridgehead atoms. The van der Waals surface area contributed by atoms with E-state index in [2.05, 4.69) is 5.32 Å². The lowest BCUT2D eigenvalue weighted by atomic mass is 10.1. The average molecular weight is 249 g/mol. The van der Waals surface area contributed by atoms with Gasteiger partial charge in [-0.15, -0.1) is 0 Å². The van der Waals surface area contributed by atoms with Crippen molar-refractivity contribution in [2.24, 2.45) is 0 Å². The molecule has 0 aromatic heterocycles. The normalized spacial score (nSPS) is 11.7. The average Bonchev–Trinajstić information content (AvgIpc) is 2.15. The van der Waals surface area contributed by atoms with E-state index in [1.807, 2.05) is 0 Å². The summed E-state index contributed by atoms with van der Waals surface area (Å²) >= 11 is 0. The number of benzene rings is 1. The minimum absolute atomic E-state index is 0.207. The van der Waals surface area contributed by atoms with E-state index >= 15 is 0 Å². The van der Waals surface area contributed by atoms with Crippen LogP contribution in [-0.4, -0.2) is 11.9 Å². The molecule has 1 aromatic carbocycles. The van der Waals surface area contributed by atoms with Crippen LogP contribution in [0.1, 0.15) is 29.8 Å². The Kier molecular flexibility index (Phi) is 3.75. The molecule has 1 amide bonds. The van der Waals surface area contributed by atoms with Crippen LogP contribution in [0.25, 0.3) is 0 Å². The van der Waals surface area contributed by atoms with E-state index in [-0.39, 0.29) is 11.6 Å². The summed E-state index contributed by atoms with van der Waals surface area (Å²) in [7, 11) is 0. The summed E-state index contributed by atoms with van der Waals surface area (Å²) in [5.74, 6) is -2.05. The summed E-state index contributed by atoms with van der Waals surface area (Å²) < 4.78 is 50.1. The SMILES string of the molecule is CC(C)NC(=O)c1ccc(F)c(C(F)(F)F)c1. The summed E-state index contributed by atoms with van der Waals surface area (Å²) in [5.41, 5.74) is -1.65. The number of amides is 1. The zero-order chi connectivity index (χ0) is 13.2. The molecule has 0 unspecified atom stereocenters. The van der Waals surface area contributed by atoms with Crippen molar-refractivity contribution in [2.45, 2.75) is 26.1 Å². The quantitative estimate of drug-likeness (QED) is 0.802. The Morgan fingerprint density at radius 2 is 1.88 bits per heavy atom. The fraction of sp³-hybridized carbons (Fsp3) is 0.364. The number of hydrogen-bond donors (Lipinski definition) is 1. The topological polar surface area (TPSA) is 29.1 Å². The van der Waals surface area contributed by atoms with E-state index in [0.29, 0.717) is 12.1 Å². The summed E-state index contributed by atoms with van der Waals surface area (Å²) in [4.78, 5) is 11.4. The van der Waals surface area contributed by atoms with Crippen LogP contribution in [0.3, 0.4) is 0 Å². The number of alkyl halides is 3. The van der Waals surface area contributed by atoms with Crippen molar-refractivity contribution in [3.05, 3.63) is 35.1 Å². The highest BCUT2D eigenvalue weighted by Gasteiger charge is 2.34. The fourth-order valence-electron chi connectivity index (χ4n) is 1.23. The second-order valence-corrected chi connectivity index (χ2v) is 3.82. The monoisotopic (exact) mass is 249 g/mol. The maximum atomic E-state index is 12.9. The van der Waals surface area contributed by atoms with Gasteiger partial charge in [-0.2, -0.15) is 13.2 Å². The van der Waals surface area contributed by atoms with Gasteiger partial charge in [-0.1, -0.05) is 0 Å². The van der Waals surface area contributed by atoms with Crippen molar-refractivity contribution in [3.63, 3.8) is 0 Å². The predicted octanol–water partition coefficient (Wildman–Crippen LogP) is 2.98. The molecule has 0 heterocycles. The molecule has 1 aromatic rings. The molecule has 0 spiro atoms. The third-order valence-corrected chi connectivity index (χ3v) is 1.95. The van der Waals surface area contributed by atoms with Crippen LogP contribution in [0, 0.1) is 5.82 Å². The number of halogens is 4. The van der Waals surface area contributed by atoms with E-state index in [4.69, 9.17) is 0 Å². The van der Waals surface area contributed by atoms with E-state index in [1.54, 1.807) is 13.8 Å². The van der Waals surface area contributed by atoms with E-state index < -0.39 is 23.5 Å². The summed E-state index contributed by atoms with van der Waals surface area (Å²) in [6, 6.07) is 1.95. The molecule has 0 aliphatic carbocycles. The molecule has 1 N–H and O–H groups in total. The molecule has 0 saturated heterocycles. The summed E-state index contributed by atoms with van der Waals surface area (Å²) in [6.45, 7) is 3.35. The Labute approximate surface area is 95.6 Å². The predicted molar refractivity (Wildman–Crippen MR) is 54.0 cm³/mol. The zero-order valence-corrected chi connectivity index (χ0v) is 9.23. The zero-order valence-electron chi connectivity index (χ0n) is 9.23. The molecule has 0 radical (unpaired) electrons. The highest BCUT2D eigenvalue weighted by atomic mass is 19.4. The van der Waals surface area contributed by atoms with E-state index in [9.17, 15) is 22.4 Å². The molecule has 17 heavy (non-hydrogen) atoms. The first-order valence-electron chi connectivity index (χ1n) is 4.89. The molecule has 0 aliphatic heterocycles. The molecule has 0 atom stereocenters. The number of hydrogen-bond acceptors (Lipinski definition) is 1. The molecule has 0 aliphatic rings. The van der Waals surface area contributed by atoms with Gasteiger partial charge in [0.1, 0.15) is 5.82 Å². The first-order valence-corrected chi connectivity index (χ1v) is 4.89. The molecule has 94 valence electrons. The highest BCUT2D eigenvalue weighted by molar-refractivity contribution is 5.94. The summed E-state index contributed by atoms with van der Waals surface area (Å²) in [6.07, 6.45) is -4.81. The third-order valence-electron chi connectivity index (χ3n) is 1.95. The van der Waals surface area contributed by atoms with Gasteiger partial charge in [-0.25, -0.2) is 4.39 Å². The van der Waals surface area contributed by atoms with Gasteiger partial charge in [0.25, 0.3) is 5.91 Å². The first kappa shape index (κ1) is 13.5. The minimum atomic E-state index is -4.81. The Morgan fingerprint density at radius 3 is 2.35 bits per heavy atom. The Hall–Kier alpha value is -1.59. The van der Waals surface area contributed by atoms with Crippen molar-refractivity contribution in [3.8, 4) is 0 Å². The van der Waals surface area contributed by atoms with Crippen molar-refractivity contribution >= 4 is 5.91 Å². The van der Waals surface area contributed by atoms with Crippen LogP contribution in [-0.2, 0) is 6.18 Å². The van der Waals surface area contributed by atoms with Crippen molar-refractivity contribution in [1.82, 2.24) is 5.32 Å². The molecular formula is C11H11F4NO. The van der Waals surface area contributed by atoms with Gasteiger partial charge in [-0.05, 0) is 32.0 Å². The van der Waals surface area contributed by atoms with Crippen LogP contribution >= 0.6 is 0 Å². The Morgan fingerprint density at radius 1 is 1.29 bits per heavy atom. The van der Waals surface area contributed by atoms with Gasteiger partial charge in [0.05, 0.1) is 5.56 Å². The third kappa shape index (κ3) is 3.44. The molecule has 0 saturated carbocycles. The van der Waals surface area contributed by atoms with Gasteiger partial charge in [0.15, 0.2) is 0 Å². The van der Waals surface area contributed by atoms with Gasteiger partial charge in [0, 0.05) is 11.6 Å². The lowest BCUT2D eigenvalue weighted by Gasteiger charge is -2.11. The van der Waals surface area contributed by atoms with Gasteiger partial charge in [0.2, 0.25) is 0 Å². The van der Waals surface area contributed by atoms with E-state index in [0.717, 1.165) is 6.07 Å². The Balaban J connectivity index is 3.09. The van der Waals surface area contributed by atoms with Crippen LogP contribution in [0.15, 0.2) is 18.2 Å². The number of nitrogens with one attached hydrogen (secondary N) is 1. The number of carbonyl (C=O) groups is 1. The Bertz CT molecular complexity index is 426. The van der Waals surface area contributed by atoms with Gasteiger partial charge in [-0.3, -0.25) is 4.79 Å². The van der Waals surface area contributed by atoms with Crippen molar-refractivity contribution in [2.75, 3.05) is 0 Å². The molecular weight excluding hydrogens is 238 g/mol. The largest absolute Gasteiger partial charge is 0.419 e. The van der Waals surface area contributed by atoms with Crippen LogP contribution in [0.5, 0.6) is 0 Å². The van der Waals surface area contributed by atoms with Crippen molar-refractivity contribution in [1.29, 1.82) is 0 Å². The first-order chi connectivity index (χ1) is 7.71. The van der Waals surface area contributed by atoms with Crippen LogP contribution in [0.2, 0.25) is 0 Å². The lowest BCUT2D eigenvalue weighted by molar-refractivity contribution is -0.140. The molecule has 6 heteroatoms. The second kappa shape index (κ2) is 4.73. The number of rotatable bonds is 2. The molecule has 1 rings (SSSR count). The van der Waals surface area contributed by atoms with Gasteiger partial charge >= 0.3 is 6.18 Å². The van der Waals surface area contributed by atoms with Crippen LogP contribution in [0.4, 0.5) is 17.6 Å². The maximum absolute atomic E-state index is 12.9. The van der Waals surface area contributed by atoms with E-state index in [1.165, 1.54) is 0 Å². The highest BCUT2D eigenvalue weighted by Crippen LogP contribution is 2.31. The smallest absolute Gasteiger partial charge is 0.350 e. The standard InChI is InChI=1S/C11H11F4NO/c1-6(2)16-10(17)7-3-4-9(12)8(5-7)11(13,14)15/h3-6H,1-2H3,(H,16,17). The molecule has 2 nitrogen and oxygen atoms in total.